The molecule has 0 aliphatic rings. The van der Waals surface area contributed by atoms with Gasteiger partial charge in [-0.2, -0.15) is 0 Å². The quantitative estimate of drug-likeness (QED) is 0.813. The summed E-state index contributed by atoms with van der Waals surface area (Å²) in [4.78, 5) is 11.9. The van der Waals surface area contributed by atoms with E-state index in [-0.39, 0.29) is 5.91 Å². The fraction of sp³-hybridized carbons (Fsp3) is 0.188. The second kappa shape index (κ2) is 7.74. The summed E-state index contributed by atoms with van der Waals surface area (Å²) < 4.78 is 0. The van der Waals surface area contributed by atoms with Gasteiger partial charge in [0.15, 0.2) is 0 Å². The first-order chi connectivity index (χ1) is 10.0. The van der Waals surface area contributed by atoms with Crippen LogP contribution in [0.5, 0.6) is 0 Å². The molecule has 0 saturated carbocycles. The van der Waals surface area contributed by atoms with Crippen LogP contribution >= 0.6 is 35.0 Å². The van der Waals surface area contributed by atoms with Crippen LogP contribution in [-0.2, 0) is 10.5 Å². The van der Waals surface area contributed by atoms with E-state index in [4.69, 9.17) is 23.2 Å². The molecule has 0 aromatic heterocycles. The van der Waals surface area contributed by atoms with Crippen molar-refractivity contribution in [2.24, 2.45) is 0 Å². The lowest BCUT2D eigenvalue weighted by Gasteiger charge is -2.07. The van der Waals surface area contributed by atoms with Crippen molar-refractivity contribution in [3.8, 4) is 0 Å². The first-order valence-corrected chi connectivity index (χ1v) is 8.34. The molecule has 0 saturated heterocycles. The number of hydrogen-bond acceptors (Lipinski definition) is 2. The molecule has 0 fully saturated rings. The molecule has 0 aliphatic carbocycles. The van der Waals surface area contributed by atoms with E-state index >= 15 is 0 Å². The minimum Gasteiger partial charge on any atom is -0.325 e. The van der Waals surface area contributed by atoms with Gasteiger partial charge in [-0.1, -0.05) is 47.5 Å². The van der Waals surface area contributed by atoms with Crippen molar-refractivity contribution in [2.75, 3.05) is 11.1 Å². The van der Waals surface area contributed by atoms with Crippen LogP contribution < -0.4 is 5.32 Å². The molecule has 110 valence electrons. The van der Waals surface area contributed by atoms with Crippen LogP contribution in [0.1, 0.15) is 11.1 Å². The Balaban J connectivity index is 1.84. The van der Waals surface area contributed by atoms with Gasteiger partial charge in [0.1, 0.15) is 0 Å². The summed E-state index contributed by atoms with van der Waals surface area (Å²) in [7, 11) is 0. The number of benzene rings is 2. The molecule has 0 bridgehead atoms. The molecule has 0 heterocycles. The second-order valence-corrected chi connectivity index (χ2v) is 6.48. The molecule has 2 rings (SSSR count). The molecule has 2 aromatic rings. The fourth-order valence-corrected chi connectivity index (χ4v) is 3.28. The van der Waals surface area contributed by atoms with E-state index in [9.17, 15) is 4.79 Å². The maximum atomic E-state index is 11.9. The number of rotatable bonds is 5. The Morgan fingerprint density at radius 1 is 1.14 bits per heavy atom. The summed E-state index contributed by atoms with van der Waals surface area (Å²) in [6.45, 7) is 2.07. The molecule has 2 aromatic carbocycles. The number of carbonyl (C=O) groups is 1. The van der Waals surface area contributed by atoms with Crippen molar-refractivity contribution in [3.05, 3.63) is 63.6 Å². The summed E-state index contributed by atoms with van der Waals surface area (Å²) in [6, 6.07) is 13.2. The van der Waals surface area contributed by atoms with Crippen LogP contribution in [0, 0.1) is 6.92 Å². The van der Waals surface area contributed by atoms with E-state index < -0.39 is 0 Å². The number of amides is 1. The van der Waals surface area contributed by atoms with Crippen LogP contribution in [0.2, 0.25) is 10.0 Å². The van der Waals surface area contributed by atoms with Crippen molar-refractivity contribution >= 4 is 46.6 Å². The minimum absolute atomic E-state index is 0.0630. The SMILES string of the molecule is Cc1ccccc1CSCC(=O)Nc1cc(Cl)cc(Cl)c1. The van der Waals surface area contributed by atoms with Gasteiger partial charge in [-0.05, 0) is 36.2 Å². The Kier molecular flexibility index (Phi) is 5.97. The largest absolute Gasteiger partial charge is 0.325 e. The molecule has 0 atom stereocenters. The monoisotopic (exact) mass is 339 g/mol. The van der Waals surface area contributed by atoms with Gasteiger partial charge in [-0.25, -0.2) is 0 Å². The van der Waals surface area contributed by atoms with E-state index in [1.807, 2.05) is 12.1 Å². The van der Waals surface area contributed by atoms with E-state index in [0.29, 0.717) is 21.5 Å². The second-order valence-electron chi connectivity index (χ2n) is 4.63. The van der Waals surface area contributed by atoms with Gasteiger partial charge in [0.05, 0.1) is 5.75 Å². The molecule has 0 unspecified atom stereocenters. The van der Waals surface area contributed by atoms with Gasteiger partial charge in [-0.3, -0.25) is 4.79 Å². The van der Waals surface area contributed by atoms with Gasteiger partial charge in [0, 0.05) is 21.5 Å². The molecule has 0 spiro atoms. The molecule has 0 aliphatic heterocycles. The predicted molar refractivity (Wildman–Crippen MR) is 92.4 cm³/mol. The summed E-state index contributed by atoms with van der Waals surface area (Å²) in [5.74, 6) is 1.14. The Morgan fingerprint density at radius 3 is 2.48 bits per heavy atom. The van der Waals surface area contributed by atoms with Crippen LogP contribution in [0.25, 0.3) is 0 Å². The van der Waals surface area contributed by atoms with E-state index in [1.165, 1.54) is 11.1 Å². The number of carbonyl (C=O) groups excluding carboxylic acids is 1. The third-order valence-corrected chi connectivity index (χ3v) is 4.32. The molecular formula is C16H15Cl2NOS. The number of aryl methyl sites for hydroxylation is 1. The number of hydrogen-bond donors (Lipinski definition) is 1. The van der Waals surface area contributed by atoms with Gasteiger partial charge in [0.25, 0.3) is 0 Å². The minimum atomic E-state index is -0.0630. The lowest BCUT2D eigenvalue weighted by atomic mass is 10.1. The smallest absolute Gasteiger partial charge is 0.234 e. The Hall–Kier alpha value is -1.16. The Bertz CT molecular complexity index is 626. The zero-order valence-corrected chi connectivity index (χ0v) is 13.9. The summed E-state index contributed by atoms with van der Waals surface area (Å²) in [5.41, 5.74) is 3.11. The summed E-state index contributed by atoms with van der Waals surface area (Å²) in [6.07, 6.45) is 0. The van der Waals surface area contributed by atoms with E-state index in [2.05, 4.69) is 24.4 Å². The number of halogens is 2. The average molecular weight is 340 g/mol. The molecular weight excluding hydrogens is 325 g/mol. The first kappa shape index (κ1) is 16.2. The van der Waals surface area contributed by atoms with E-state index in [1.54, 1.807) is 30.0 Å². The molecule has 21 heavy (non-hydrogen) atoms. The van der Waals surface area contributed by atoms with Crippen molar-refractivity contribution < 1.29 is 4.79 Å². The fourth-order valence-electron chi connectivity index (χ4n) is 1.85. The molecule has 1 amide bonds. The number of nitrogens with one attached hydrogen (secondary N) is 1. The van der Waals surface area contributed by atoms with E-state index in [0.717, 1.165) is 5.75 Å². The lowest BCUT2D eigenvalue weighted by molar-refractivity contribution is -0.113. The van der Waals surface area contributed by atoms with Crippen LogP contribution in [0.4, 0.5) is 5.69 Å². The van der Waals surface area contributed by atoms with Crippen LogP contribution in [0.15, 0.2) is 42.5 Å². The molecule has 5 heteroatoms. The van der Waals surface area contributed by atoms with Crippen molar-refractivity contribution in [1.82, 2.24) is 0 Å². The van der Waals surface area contributed by atoms with Gasteiger partial charge in [-0.15, -0.1) is 11.8 Å². The van der Waals surface area contributed by atoms with Gasteiger partial charge < -0.3 is 5.32 Å². The standard InChI is InChI=1S/C16H15Cl2NOS/c1-11-4-2-3-5-12(11)9-21-10-16(20)19-15-7-13(17)6-14(18)8-15/h2-8H,9-10H2,1H3,(H,19,20). The van der Waals surface area contributed by atoms with Crippen molar-refractivity contribution in [1.29, 1.82) is 0 Å². The zero-order chi connectivity index (χ0) is 15.2. The number of anilines is 1. The zero-order valence-electron chi connectivity index (χ0n) is 11.5. The summed E-state index contributed by atoms with van der Waals surface area (Å²) in [5, 5.41) is 3.81. The van der Waals surface area contributed by atoms with Crippen LogP contribution in [-0.4, -0.2) is 11.7 Å². The van der Waals surface area contributed by atoms with Crippen molar-refractivity contribution in [3.63, 3.8) is 0 Å². The Morgan fingerprint density at radius 2 is 1.81 bits per heavy atom. The highest BCUT2D eigenvalue weighted by molar-refractivity contribution is 7.99. The highest BCUT2D eigenvalue weighted by atomic mass is 35.5. The topological polar surface area (TPSA) is 29.1 Å². The molecule has 1 N–H and O–H groups in total. The van der Waals surface area contributed by atoms with Crippen LogP contribution in [0.3, 0.4) is 0 Å². The third kappa shape index (κ3) is 5.27. The number of thioether (sulfide) groups is 1. The third-order valence-electron chi connectivity index (χ3n) is 2.90. The lowest BCUT2D eigenvalue weighted by Crippen LogP contribution is -2.14. The van der Waals surface area contributed by atoms with Gasteiger partial charge in [0.2, 0.25) is 5.91 Å². The average Bonchev–Trinajstić information content (AvgIpc) is 2.39. The van der Waals surface area contributed by atoms with Crippen molar-refractivity contribution in [2.45, 2.75) is 12.7 Å². The summed E-state index contributed by atoms with van der Waals surface area (Å²) >= 11 is 13.4. The molecule has 2 nitrogen and oxygen atoms in total. The highest BCUT2D eigenvalue weighted by Crippen LogP contribution is 2.23. The Labute approximate surface area is 138 Å². The van der Waals surface area contributed by atoms with Gasteiger partial charge >= 0.3 is 0 Å². The maximum absolute atomic E-state index is 11.9. The highest BCUT2D eigenvalue weighted by Gasteiger charge is 2.05. The molecule has 0 radical (unpaired) electrons. The first-order valence-electron chi connectivity index (χ1n) is 6.43. The maximum Gasteiger partial charge on any atom is 0.234 e. The predicted octanol–water partition coefficient (Wildman–Crippen LogP) is 5.17. The normalized spacial score (nSPS) is 10.4.